The number of amides is 2. The van der Waals surface area contributed by atoms with Crippen molar-refractivity contribution in [3.05, 3.63) is 0 Å². The molecule has 6 heteroatoms. The van der Waals surface area contributed by atoms with Crippen LogP contribution in [0.15, 0.2) is 0 Å². The number of hydrogen-bond donors (Lipinski definition) is 2. The predicted molar refractivity (Wildman–Crippen MR) is 80.2 cm³/mol. The predicted octanol–water partition coefficient (Wildman–Crippen LogP) is 1.22. The molecule has 2 aliphatic heterocycles. The van der Waals surface area contributed by atoms with Crippen LogP contribution in [-0.4, -0.2) is 66.2 Å². The third-order valence-electron chi connectivity index (χ3n) is 4.63. The first-order valence-corrected chi connectivity index (χ1v) is 8.05. The summed E-state index contributed by atoms with van der Waals surface area (Å²) in [6.45, 7) is 7.48. The number of nitrogens with one attached hydrogen (secondary N) is 1. The Hall–Kier alpha value is -1.30. The molecule has 0 spiro atoms. The van der Waals surface area contributed by atoms with Crippen molar-refractivity contribution >= 4 is 12.0 Å². The average Bonchev–Trinajstić information content (AvgIpc) is 2.92. The van der Waals surface area contributed by atoms with Gasteiger partial charge in [-0.25, -0.2) is 4.79 Å². The lowest BCUT2D eigenvalue weighted by Crippen LogP contribution is -2.47. The maximum absolute atomic E-state index is 12.2. The summed E-state index contributed by atoms with van der Waals surface area (Å²) in [5, 5.41) is 11.9. The van der Waals surface area contributed by atoms with Gasteiger partial charge in [0, 0.05) is 32.6 Å². The molecular formula is C15H27N3O3. The van der Waals surface area contributed by atoms with Crippen molar-refractivity contribution in [2.45, 2.75) is 32.6 Å². The van der Waals surface area contributed by atoms with Crippen LogP contribution in [0.4, 0.5) is 4.79 Å². The SMILES string of the molecule is CCN1CCC(CNC(=O)N2CCCC(CC(=O)O)C2)C1. The fourth-order valence-electron chi connectivity index (χ4n) is 3.37. The van der Waals surface area contributed by atoms with E-state index in [1.54, 1.807) is 4.90 Å². The second-order valence-electron chi connectivity index (χ2n) is 6.29. The van der Waals surface area contributed by atoms with Crippen molar-refractivity contribution in [1.29, 1.82) is 0 Å². The van der Waals surface area contributed by atoms with Gasteiger partial charge in [0.05, 0.1) is 0 Å². The molecule has 120 valence electrons. The maximum Gasteiger partial charge on any atom is 0.317 e. The molecule has 2 amide bonds. The number of carboxylic acid groups (broad SMARTS) is 1. The van der Waals surface area contributed by atoms with Crippen LogP contribution in [0.5, 0.6) is 0 Å². The Labute approximate surface area is 126 Å². The Kier molecular flexibility index (Phi) is 5.85. The molecule has 0 aliphatic carbocycles. The molecule has 0 saturated carbocycles. The Morgan fingerprint density at radius 1 is 1.19 bits per heavy atom. The standard InChI is InChI=1S/C15H27N3O3/c1-2-17-7-5-13(10-17)9-16-15(21)18-6-3-4-12(11-18)8-14(19)20/h12-13H,2-11H2,1H3,(H,16,21)(H,19,20). The molecule has 2 heterocycles. The van der Waals surface area contributed by atoms with Crippen molar-refractivity contribution in [2.24, 2.45) is 11.8 Å². The highest BCUT2D eigenvalue weighted by Gasteiger charge is 2.26. The zero-order valence-corrected chi connectivity index (χ0v) is 12.9. The van der Waals surface area contributed by atoms with Crippen molar-refractivity contribution in [3.63, 3.8) is 0 Å². The molecule has 0 aromatic heterocycles. The summed E-state index contributed by atoms with van der Waals surface area (Å²) in [7, 11) is 0. The molecule has 21 heavy (non-hydrogen) atoms. The molecule has 0 radical (unpaired) electrons. The molecule has 2 unspecified atom stereocenters. The second kappa shape index (κ2) is 7.64. The van der Waals surface area contributed by atoms with Crippen molar-refractivity contribution in [1.82, 2.24) is 15.1 Å². The first kappa shape index (κ1) is 16.1. The number of likely N-dealkylation sites (tertiary alicyclic amines) is 2. The number of rotatable bonds is 5. The smallest absolute Gasteiger partial charge is 0.317 e. The van der Waals surface area contributed by atoms with Gasteiger partial charge in [0.2, 0.25) is 0 Å². The van der Waals surface area contributed by atoms with E-state index in [2.05, 4.69) is 17.1 Å². The van der Waals surface area contributed by atoms with Gasteiger partial charge in [-0.2, -0.15) is 0 Å². The fourth-order valence-corrected chi connectivity index (χ4v) is 3.37. The molecule has 0 aromatic carbocycles. The zero-order valence-electron chi connectivity index (χ0n) is 12.9. The number of piperidine rings is 1. The Morgan fingerprint density at radius 3 is 2.67 bits per heavy atom. The van der Waals surface area contributed by atoms with Crippen LogP contribution in [0.25, 0.3) is 0 Å². The van der Waals surface area contributed by atoms with Crippen LogP contribution in [0.3, 0.4) is 0 Å². The van der Waals surface area contributed by atoms with Crippen LogP contribution in [0.2, 0.25) is 0 Å². The Bertz CT molecular complexity index is 375. The minimum absolute atomic E-state index is 0.0277. The zero-order chi connectivity index (χ0) is 15.2. The van der Waals surface area contributed by atoms with Crippen molar-refractivity contribution in [2.75, 3.05) is 39.3 Å². The lowest BCUT2D eigenvalue weighted by molar-refractivity contribution is -0.138. The van der Waals surface area contributed by atoms with Crippen LogP contribution in [-0.2, 0) is 4.79 Å². The third-order valence-corrected chi connectivity index (χ3v) is 4.63. The highest BCUT2D eigenvalue weighted by molar-refractivity contribution is 5.74. The van der Waals surface area contributed by atoms with Gasteiger partial charge in [-0.3, -0.25) is 4.79 Å². The highest BCUT2D eigenvalue weighted by atomic mass is 16.4. The van der Waals surface area contributed by atoms with Crippen molar-refractivity contribution in [3.8, 4) is 0 Å². The van der Waals surface area contributed by atoms with E-state index in [9.17, 15) is 9.59 Å². The monoisotopic (exact) mass is 297 g/mol. The van der Waals surface area contributed by atoms with Crippen molar-refractivity contribution < 1.29 is 14.7 Å². The minimum atomic E-state index is -0.770. The van der Waals surface area contributed by atoms with E-state index in [4.69, 9.17) is 5.11 Å². The largest absolute Gasteiger partial charge is 0.481 e. The molecule has 2 rings (SSSR count). The molecule has 0 aromatic rings. The number of aliphatic carboxylic acids is 1. The molecule has 2 fully saturated rings. The highest BCUT2D eigenvalue weighted by Crippen LogP contribution is 2.20. The lowest BCUT2D eigenvalue weighted by atomic mass is 9.95. The summed E-state index contributed by atoms with van der Waals surface area (Å²) in [4.78, 5) is 27.2. The molecule has 2 N–H and O–H groups in total. The summed E-state index contributed by atoms with van der Waals surface area (Å²) in [5.74, 6) is -0.120. The van der Waals surface area contributed by atoms with Crippen LogP contribution >= 0.6 is 0 Å². The lowest BCUT2D eigenvalue weighted by Gasteiger charge is -2.32. The maximum atomic E-state index is 12.2. The van der Waals surface area contributed by atoms with Gasteiger partial charge in [0.15, 0.2) is 0 Å². The molecule has 0 bridgehead atoms. The number of nitrogens with zero attached hydrogens (tertiary/aromatic N) is 2. The van der Waals surface area contributed by atoms with E-state index < -0.39 is 5.97 Å². The number of carbonyl (C=O) groups excluding carboxylic acids is 1. The number of carboxylic acids is 1. The van der Waals surface area contributed by atoms with Gasteiger partial charge in [-0.05, 0) is 44.2 Å². The third kappa shape index (κ3) is 4.88. The van der Waals surface area contributed by atoms with Gasteiger partial charge < -0.3 is 20.2 Å². The Balaban J connectivity index is 1.71. The number of carbonyl (C=O) groups is 2. The van der Waals surface area contributed by atoms with Crippen LogP contribution in [0, 0.1) is 11.8 Å². The van der Waals surface area contributed by atoms with Gasteiger partial charge >= 0.3 is 12.0 Å². The summed E-state index contributed by atoms with van der Waals surface area (Å²) in [6.07, 6.45) is 3.12. The first-order chi connectivity index (χ1) is 10.1. The van der Waals surface area contributed by atoms with Crippen LogP contribution < -0.4 is 5.32 Å². The van der Waals surface area contributed by atoms with E-state index in [1.165, 1.54) is 0 Å². The van der Waals surface area contributed by atoms with Gasteiger partial charge in [-0.1, -0.05) is 6.92 Å². The van der Waals surface area contributed by atoms with E-state index in [1.807, 2.05) is 0 Å². The second-order valence-corrected chi connectivity index (χ2v) is 6.29. The number of hydrogen-bond acceptors (Lipinski definition) is 3. The minimum Gasteiger partial charge on any atom is -0.481 e. The summed E-state index contributed by atoms with van der Waals surface area (Å²) in [6, 6.07) is -0.0277. The van der Waals surface area contributed by atoms with E-state index in [0.29, 0.717) is 12.5 Å². The van der Waals surface area contributed by atoms with E-state index in [-0.39, 0.29) is 18.4 Å². The molecular weight excluding hydrogens is 270 g/mol. The van der Waals surface area contributed by atoms with Gasteiger partial charge in [-0.15, -0.1) is 0 Å². The topological polar surface area (TPSA) is 72.9 Å². The number of urea groups is 1. The first-order valence-electron chi connectivity index (χ1n) is 8.05. The Morgan fingerprint density at radius 2 is 2.00 bits per heavy atom. The molecule has 2 aliphatic rings. The summed E-state index contributed by atoms with van der Waals surface area (Å²) in [5.41, 5.74) is 0. The molecule has 2 atom stereocenters. The van der Waals surface area contributed by atoms with Crippen LogP contribution in [0.1, 0.15) is 32.6 Å². The normalized spacial score (nSPS) is 26.8. The summed E-state index contributed by atoms with van der Waals surface area (Å²) >= 11 is 0. The molecule has 6 nitrogen and oxygen atoms in total. The average molecular weight is 297 g/mol. The summed E-state index contributed by atoms with van der Waals surface area (Å²) < 4.78 is 0. The van der Waals surface area contributed by atoms with E-state index in [0.717, 1.165) is 52.0 Å². The van der Waals surface area contributed by atoms with E-state index >= 15 is 0 Å². The molecule has 2 saturated heterocycles. The quantitative estimate of drug-likeness (QED) is 0.800. The fraction of sp³-hybridized carbons (Fsp3) is 0.867. The van der Waals surface area contributed by atoms with Gasteiger partial charge in [0.1, 0.15) is 0 Å². The van der Waals surface area contributed by atoms with Gasteiger partial charge in [0.25, 0.3) is 0 Å².